The fourth-order valence-corrected chi connectivity index (χ4v) is 1.66. The standard InChI is InChI=1S/C14H12FNO2/c1-9-7-11(5-6-16-9)14(17)10-3-4-13(18-2)12(15)8-10/h3-8H,1-2H3. The molecule has 3 nitrogen and oxygen atoms in total. The molecule has 0 bridgehead atoms. The Bertz CT molecular complexity index is 596. The largest absolute Gasteiger partial charge is 0.494 e. The Morgan fingerprint density at radius 3 is 2.56 bits per heavy atom. The molecule has 1 aromatic carbocycles. The van der Waals surface area contributed by atoms with E-state index in [1.165, 1.54) is 19.2 Å². The first-order valence-corrected chi connectivity index (χ1v) is 5.42. The highest BCUT2D eigenvalue weighted by Gasteiger charge is 2.12. The van der Waals surface area contributed by atoms with E-state index in [1.807, 2.05) is 0 Å². The molecule has 0 spiro atoms. The molecule has 0 aliphatic rings. The van der Waals surface area contributed by atoms with E-state index in [1.54, 1.807) is 31.3 Å². The van der Waals surface area contributed by atoms with Crippen molar-refractivity contribution in [3.05, 3.63) is 59.2 Å². The third kappa shape index (κ3) is 2.37. The van der Waals surface area contributed by atoms with Crippen LogP contribution in [0.1, 0.15) is 21.6 Å². The lowest BCUT2D eigenvalue weighted by molar-refractivity contribution is 0.103. The number of ether oxygens (including phenoxy) is 1. The van der Waals surface area contributed by atoms with Gasteiger partial charge in [-0.25, -0.2) is 4.39 Å². The van der Waals surface area contributed by atoms with Gasteiger partial charge in [-0.05, 0) is 37.3 Å². The van der Waals surface area contributed by atoms with Crippen LogP contribution in [0, 0.1) is 12.7 Å². The zero-order chi connectivity index (χ0) is 13.1. The van der Waals surface area contributed by atoms with E-state index in [4.69, 9.17) is 4.74 Å². The minimum absolute atomic E-state index is 0.123. The van der Waals surface area contributed by atoms with E-state index < -0.39 is 5.82 Å². The smallest absolute Gasteiger partial charge is 0.193 e. The predicted molar refractivity (Wildman–Crippen MR) is 65.4 cm³/mol. The van der Waals surface area contributed by atoms with Crippen molar-refractivity contribution in [1.29, 1.82) is 0 Å². The number of aryl methyl sites for hydroxylation is 1. The number of aromatic nitrogens is 1. The topological polar surface area (TPSA) is 39.2 Å². The molecule has 0 saturated carbocycles. The number of nitrogens with zero attached hydrogens (tertiary/aromatic N) is 1. The van der Waals surface area contributed by atoms with Gasteiger partial charge in [0.05, 0.1) is 7.11 Å². The monoisotopic (exact) mass is 245 g/mol. The van der Waals surface area contributed by atoms with Crippen LogP contribution in [0.5, 0.6) is 5.75 Å². The first kappa shape index (κ1) is 12.2. The van der Waals surface area contributed by atoms with Gasteiger partial charge in [-0.15, -0.1) is 0 Å². The van der Waals surface area contributed by atoms with E-state index in [-0.39, 0.29) is 11.5 Å². The molecule has 18 heavy (non-hydrogen) atoms. The van der Waals surface area contributed by atoms with Crippen LogP contribution in [-0.2, 0) is 0 Å². The van der Waals surface area contributed by atoms with Crippen molar-refractivity contribution in [2.24, 2.45) is 0 Å². The molecule has 0 amide bonds. The van der Waals surface area contributed by atoms with Gasteiger partial charge in [0.1, 0.15) is 0 Å². The molecule has 0 N–H and O–H groups in total. The average Bonchev–Trinajstić information content (AvgIpc) is 2.37. The van der Waals surface area contributed by atoms with Gasteiger partial charge in [0, 0.05) is 23.0 Å². The Labute approximate surface area is 104 Å². The molecular weight excluding hydrogens is 233 g/mol. The maximum atomic E-state index is 13.5. The molecule has 1 heterocycles. The predicted octanol–water partition coefficient (Wildman–Crippen LogP) is 2.77. The summed E-state index contributed by atoms with van der Waals surface area (Å²) in [6.07, 6.45) is 1.56. The van der Waals surface area contributed by atoms with Crippen molar-refractivity contribution >= 4 is 5.78 Å². The third-order valence-electron chi connectivity index (χ3n) is 2.57. The summed E-state index contributed by atoms with van der Waals surface area (Å²) in [7, 11) is 1.38. The summed E-state index contributed by atoms with van der Waals surface area (Å²) in [5.74, 6) is -0.659. The molecule has 92 valence electrons. The van der Waals surface area contributed by atoms with Gasteiger partial charge in [0.25, 0.3) is 0 Å². The minimum atomic E-state index is -0.547. The molecule has 1 aromatic heterocycles. The molecule has 4 heteroatoms. The van der Waals surface area contributed by atoms with Gasteiger partial charge in [-0.1, -0.05) is 0 Å². The molecule has 0 atom stereocenters. The number of methoxy groups -OCH3 is 1. The van der Waals surface area contributed by atoms with Crippen LogP contribution in [-0.4, -0.2) is 17.9 Å². The summed E-state index contributed by atoms with van der Waals surface area (Å²) in [4.78, 5) is 16.1. The number of halogens is 1. The van der Waals surface area contributed by atoms with Gasteiger partial charge in [0.15, 0.2) is 17.3 Å². The molecule has 0 saturated heterocycles. The van der Waals surface area contributed by atoms with Gasteiger partial charge in [0.2, 0.25) is 0 Å². The van der Waals surface area contributed by atoms with Crippen LogP contribution in [0.25, 0.3) is 0 Å². The zero-order valence-corrected chi connectivity index (χ0v) is 10.1. The maximum Gasteiger partial charge on any atom is 0.193 e. The fourth-order valence-electron chi connectivity index (χ4n) is 1.66. The molecule has 0 aliphatic heterocycles. The Kier molecular flexibility index (Phi) is 3.37. The molecule has 0 unspecified atom stereocenters. The van der Waals surface area contributed by atoms with Crippen molar-refractivity contribution in [2.45, 2.75) is 6.92 Å². The third-order valence-corrected chi connectivity index (χ3v) is 2.57. The average molecular weight is 245 g/mol. The van der Waals surface area contributed by atoms with E-state index >= 15 is 0 Å². The SMILES string of the molecule is COc1ccc(C(=O)c2ccnc(C)c2)cc1F. The molecule has 0 radical (unpaired) electrons. The van der Waals surface area contributed by atoms with Gasteiger partial charge in [-0.3, -0.25) is 9.78 Å². The summed E-state index contributed by atoms with van der Waals surface area (Å²) in [6, 6.07) is 7.44. The van der Waals surface area contributed by atoms with Crippen molar-refractivity contribution in [1.82, 2.24) is 4.98 Å². The number of pyridine rings is 1. The second kappa shape index (κ2) is 4.96. The summed E-state index contributed by atoms with van der Waals surface area (Å²) in [5.41, 5.74) is 1.53. The lowest BCUT2D eigenvalue weighted by Gasteiger charge is -2.05. The Balaban J connectivity index is 2.37. The first-order chi connectivity index (χ1) is 8.61. The summed E-state index contributed by atoms with van der Waals surface area (Å²) < 4.78 is 18.3. The van der Waals surface area contributed by atoms with E-state index in [0.29, 0.717) is 11.1 Å². The quantitative estimate of drug-likeness (QED) is 0.780. The number of carbonyl (C=O) groups excluding carboxylic acids is 1. The second-order valence-corrected chi connectivity index (χ2v) is 3.86. The lowest BCUT2D eigenvalue weighted by atomic mass is 10.0. The van der Waals surface area contributed by atoms with Crippen molar-refractivity contribution in [3.8, 4) is 5.75 Å². The number of hydrogen-bond donors (Lipinski definition) is 0. The number of carbonyl (C=O) groups is 1. The zero-order valence-electron chi connectivity index (χ0n) is 10.1. The molecule has 0 fully saturated rings. The van der Waals surface area contributed by atoms with Crippen LogP contribution >= 0.6 is 0 Å². The van der Waals surface area contributed by atoms with Crippen molar-refractivity contribution in [3.63, 3.8) is 0 Å². The lowest BCUT2D eigenvalue weighted by Crippen LogP contribution is -2.03. The number of hydrogen-bond acceptors (Lipinski definition) is 3. The van der Waals surface area contributed by atoms with Crippen molar-refractivity contribution in [2.75, 3.05) is 7.11 Å². The van der Waals surface area contributed by atoms with Gasteiger partial charge >= 0.3 is 0 Å². The minimum Gasteiger partial charge on any atom is -0.494 e. The Hall–Kier alpha value is -2.23. The van der Waals surface area contributed by atoms with Crippen LogP contribution in [0.4, 0.5) is 4.39 Å². The van der Waals surface area contributed by atoms with E-state index in [2.05, 4.69) is 4.98 Å². The fraction of sp³-hybridized carbons (Fsp3) is 0.143. The number of ketones is 1. The normalized spacial score (nSPS) is 10.2. The highest BCUT2D eigenvalue weighted by atomic mass is 19.1. The van der Waals surface area contributed by atoms with Gasteiger partial charge < -0.3 is 4.74 Å². The van der Waals surface area contributed by atoms with Crippen LogP contribution in [0.2, 0.25) is 0 Å². The van der Waals surface area contributed by atoms with Crippen LogP contribution in [0.15, 0.2) is 36.5 Å². The number of benzene rings is 1. The highest BCUT2D eigenvalue weighted by molar-refractivity contribution is 6.09. The summed E-state index contributed by atoms with van der Waals surface area (Å²) in [5, 5.41) is 0. The second-order valence-electron chi connectivity index (χ2n) is 3.86. The van der Waals surface area contributed by atoms with E-state index in [9.17, 15) is 9.18 Å². The number of rotatable bonds is 3. The first-order valence-electron chi connectivity index (χ1n) is 5.42. The summed E-state index contributed by atoms with van der Waals surface area (Å²) in [6.45, 7) is 1.80. The van der Waals surface area contributed by atoms with Crippen LogP contribution < -0.4 is 4.74 Å². The summed E-state index contributed by atoms with van der Waals surface area (Å²) >= 11 is 0. The van der Waals surface area contributed by atoms with Gasteiger partial charge in [-0.2, -0.15) is 0 Å². The van der Waals surface area contributed by atoms with E-state index in [0.717, 1.165) is 5.69 Å². The molecule has 2 aromatic rings. The van der Waals surface area contributed by atoms with Crippen LogP contribution in [0.3, 0.4) is 0 Å². The molecular formula is C14H12FNO2. The molecule has 0 aliphatic carbocycles. The van der Waals surface area contributed by atoms with Crippen molar-refractivity contribution < 1.29 is 13.9 Å². The highest BCUT2D eigenvalue weighted by Crippen LogP contribution is 2.19. The molecule has 2 rings (SSSR count). The Morgan fingerprint density at radius 1 is 1.22 bits per heavy atom. The maximum absolute atomic E-state index is 13.5. The Morgan fingerprint density at radius 2 is 1.94 bits per heavy atom.